The van der Waals surface area contributed by atoms with Crippen LogP contribution in [0.15, 0.2) is 60.3 Å². The van der Waals surface area contributed by atoms with Crippen molar-refractivity contribution < 1.29 is 0 Å². The van der Waals surface area contributed by atoms with E-state index in [0.717, 1.165) is 13.0 Å². The second-order valence-corrected chi connectivity index (χ2v) is 5.04. The molecule has 0 saturated carbocycles. The SMILES string of the molecule is C1=C2NCCC(c3ccccc3)=C2c2ccccc21. The summed E-state index contributed by atoms with van der Waals surface area (Å²) < 4.78 is 0. The molecular formula is C18H15N. The molecule has 0 spiro atoms. The average Bonchev–Trinajstić information content (AvgIpc) is 2.86. The maximum absolute atomic E-state index is 3.53. The fourth-order valence-electron chi connectivity index (χ4n) is 3.06. The molecule has 19 heavy (non-hydrogen) atoms. The molecule has 0 saturated heterocycles. The smallest absolute Gasteiger partial charge is 0.0429 e. The van der Waals surface area contributed by atoms with E-state index in [2.05, 4.69) is 66.0 Å². The fourth-order valence-corrected chi connectivity index (χ4v) is 3.06. The molecule has 2 aliphatic rings. The first kappa shape index (κ1) is 10.6. The molecular weight excluding hydrogens is 230 g/mol. The van der Waals surface area contributed by atoms with E-state index in [9.17, 15) is 0 Å². The van der Waals surface area contributed by atoms with Gasteiger partial charge in [0.15, 0.2) is 0 Å². The molecule has 2 aromatic carbocycles. The van der Waals surface area contributed by atoms with Gasteiger partial charge in [-0.1, -0.05) is 54.6 Å². The van der Waals surface area contributed by atoms with Crippen LogP contribution >= 0.6 is 0 Å². The minimum Gasteiger partial charge on any atom is -0.384 e. The first-order valence-electron chi connectivity index (χ1n) is 6.77. The Bertz CT molecular complexity index is 693. The minimum atomic E-state index is 1.02. The highest BCUT2D eigenvalue weighted by Crippen LogP contribution is 2.42. The number of hydrogen-bond donors (Lipinski definition) is 1. The predicted molar refractivity (Wildman–Crippen MR) is 80.3 cm³/mol. The quantitative estimate of drug-likeness (QED) is 0.802. The summed E-state index contributed by atoms with van der Waals surface area (Å²) >= 11 is 0. The van der Waals surface area contributed by atoms with E-state index in [0.29, 0.717) is 0 Å². The van der Waals surface area contributed by atoms with Crippen molar-refractivity contribution in [3.63, 3.8) is 0 Å². The number of rotatable bonds is 1. The molecule has 92 valence electrons. The van der Waals surface area contributed by atoms with Crippen molar-refractivity contribution in [2.45, 2.75) is 6.42 Å². The first-order valence-corrected chi connectivity index (χ1v) is 6.77. The Labute approximate surface area is 113 Å². The summed E-state index contributed by atoms with van der Waals surface area (Å²) in [6.45, 7) is 1.02. The minimum absolute atomic E-state index is 1.02. The number of fused-ring (bicyclic) bond motifs is 3. The Morgan fingerprint density at radius 2 is 1.63 bits per heavy atom. The molecule has 0 unspecified atom stereocenters. The fraction of sp³-hybridized carbons (Fsp3) is 0.111. The van der Waals surface area contributed by atoms with Crippen LogP contribution in [-0.2, 0) is 0 Å². The molecule has 1 N–H and O–H groups in total. The molecule has 0 amide bonds. The molecule has 1 heterocycles. The van der Waals surface area contributed by atoms with E-state index >= 15 is 0 Å². The number of allylic oxidation sites excluding steroid dienone is 1. The van der Waals surface area contributed by atoms with Crippen molar-refractivity contribution in [2.75, 3.05) is 6.54 Å². The predicted octanol–water partition coefficient (Wildman–Crippen LogP) is 3.95. The highest BCUT2D eigenvalue weighted by atomic mass is 14.9. The second-order valence-electron chi connectivity index (χ2n) is 5.04. The standard InChI is InChI=1S/C18H15N/c1-2-6-13(7-3-1)16-10-11-19-17-12-14-8-4-5-9-15(14)18(16)17/h1-9,12,19H,10-11H2. The van der Waals surface area contributed by atoms with E-state index in [4.69, 9.17) is 0 Å². The molecule has 1 nitrogen and oxygen atoms in total. The maximum Gasteiger partial charge on any atom is 0.0429 e. The summed E-state index contributed by atoms with van der Waals surface area (Å²) in [5.41, 5.74) is 8.19. The molecule has 4 rings (SSSR count). The molecule has 0 bridgehead atoms. The summed E-state index contributed by atoms with van der Waals surface area (Å²) in [5.74, 6) is 0. The van der Waals surface area contributed by atoms with Crippen molar-refractivity contribution >= 4 is 17.2 Å². The second kappa shape index (κ2) is 4.13. The summed E-state index contributed by atoms with van der Waals surface area (Å²) in [6, 6.07) is 19.4. The van der Waals surface area contributed by atoms with Gasteiger partial charge in [-0.15, -0.1) is 0 Å². The normalized spacial score (nSPS) is 16.5. The van der Waals surface area contributed by atoms with Crippen LogP contribution in [0.1, 0.15) is 23.1 Å². The van der Waals surface area contributed by atoms with Gasteiger partial charge >= 0.3 is 0 Å². The van der Waals surface area contributed by atoms with Crippen molar-refractivity contribution in [2.24, 2.45) is 0 Å². The lowest BCUT2D eigenvalue weighted by molar-refractivity contribution is 0.822. The van der Waals surface area contributed by atoms with Crippen LogP contribution in [0.3, 0.4) is 0 Å². The Hall–Kier alpha value is -2.28. The summed E-state index contributed by atoms with van der Waals surface area (Å²) in [4.78, 5) is 0. The largest absolute Gasteiger partial charge is 0.384 e. The summed E-state index contributed by atoms with van der Waals surface area (Å²) in [6.07, 6.45) is 3.36. The molecule has 2 aromatic rings. The van der Waals surface area contributed by atoms with Gasteiger partial charge in [0, 0.05) is 17.8 Å². The molecule has 1 aliphatic carbocycles. The van der Waals surface area contributed by atoms with Crippen molar-refractivity contribution in [3.8, 4) is 0 Å². The lowest BCUT2D eigenvalue weighted by Gasteiger charge is -2.22. The zero-order valence-corrected chi connectivity index (χ0v) is 10.7. The zero-order chi connectivity index (χ0) is 12.7. The van der Waals surface area contributed by atoms with Gasteiger partial charge in [0.1, 0.15) is 0 Å². The third-order valence-electron chi connectivity index (χ3n) is 3.91. The zero-order valence-electron chi connectivity index (χ0n) is 10.7. The highest BCUT2D eigenvalue weighted by Gasteiger charge is 2.25. The van der Waals surface area contributed by atoms with Gasteiger partial charge in [-0.2, -0.15) is 0 Å². The van der Waals surface area contributed by atoms with Crippen molar-refractivity contribution in [1.29, 1.82) is 0 Å². The van der Waals surface area contributed by atoms with Crippen molar-refractivity contribution in [3.05, 3.63) is 77.0 Å². The van der Waals surface area contributed by atoms with Crippen LogP contribution in [0.2, 0.25) is 0 Å². The molecule has 0 aromatic heterocycles. The van der Waals surface area contributed by atoms with E-state index < -0.39 is 0 Å². The first-order chi connectivity index (χ1) is 9.43. The van der Waals surface area contributed by atoms with Crippen molar-refractivity contribution in [1.82, 2.24) is 5.32 Å². The van der Waals surface area contributed by atoms with Gasteiger partial charge in [-0.25, -0.2) is 0 Å². The van der Waals surface area contributed by atoms with E-state index in [1.807, 2.05) is 0 Å². The van der Waals surface area contributed by atoms with Gasteiger partial charge in [0.05, 0.1) is 0 Å². The number of benzene rings is 2. The Kier molecular flexibility index (Phi) is 2.31. The molecule has 0 radical (unpaired) electrons. The van der Waals surface area contributed by atoms with Crippen LogP contribution in [0.25, 0.3) is 17.2 Å². The Morgan fingerprint density at radius 1 is 0.842 bits per heavy atom. The topological polar surface area (TPSA) is 12.0 Å². The summed E-state index contributed by atoms with van der Waals surface area (Å²) in [5, 5.41) is 3.53. The van der Waals surface area contributed by atoms with Crippen LogP contribution in [0, 0.1) is 0 Å². The van der Waals surface area contributed by atoms with E-state index in [1.165, 1.54) is 33.5 Å². The highest BCUT2D eigenvalue weighted by molar-refractivity contribution is 6.06. The number of nitrogens with one attached hydrogen (secondary N) is 1. The van der Waals surface area contributed by atoms with Crippen LogP contribution in [-0.4, -0.2) is 6.54 Å². The molecule has 0 atom stereocenters. The van der Waals surface area contributed by atoms with Crippen LogP contribution in [0.5, 0.6) is 0 Å². The summed E-state index contributed by atoms with van der Waals surface area (Å²) in [7, 11) is 0. The molecule has 1 heteroatoms. The van der Waals surface area contributed by atoms with E-state index in [-0.39, 0.29) is 0 Å². The molecule has 1 aliphatic heterocycles. The number of hydrogen-bond acceptors (Lipinski definition) is 1. The van der Waals surface area contributed by atoms with E-state index in [1.54, 1.807) is 0 Å². The molecule has 0 fully saturated rings. The van der Waals surface area contributed by atoms with Crippen LogP contribution < -0.4 is 5.32 Å². The third-order valence-corrected chi connectivity index (χ3v) is 3.91. The average molecular weight is 245 g/mol. The van der Waals surface area contributed by atoms with Gasteiger partial charge in [-0.3, -0.25) is 0 Å². The van der Waals surface area contributed by atoms with Gasteiger partial charge < -0.3 is 5.32 Å². The monoisotopic (exact) mass is 245 g/mol. The maximum atomic E-state index is 3.53. The lowest BCUT2D eigenvalue weighted by atomic mass is 9.90. The van der Waals surface area contributed by atoms with Crippen LogP contribution in [0.4, 0.5) is 0 Å². The Balaban J connectivity index is 1.97. The van der Waals surface area contributed by atoms with Gasteiger partial charge in [0.2, 0.25) is 0 Å². The lowest BCUT2D eigenvalue weighted by Crippen LogP contribution is -2.20. The Morgan fingerprint density at radius 3 is 2.53 bits per heavy atom. The van der Waals surface area contributed by atoms with Gasteiger partial charge in [0.25, 0.3) is 0 Å². The van der Waals surface area contributed by atoms with Gasteiger partial charge in [-0.05, 0) is 34.8 Å². The third kappa shape index (κ3) is 1.62.